The van der Waals surface area contributed by atoms with Crippen molar-refractivity contribution in [3.05, 3.63) is 16.3 Å². The number of nitrogens with one attached hydrogen (secondary N) is 3. The highest BCUT2D eigenvalue weighted by Gasteiger charge is 2.00. The summed E-state index contributed by atoms with van der Waals surface area (Å²) in [5.41, 5.74) is -0.450. The second-order valence-electron chi connectivity index (χ2n) is 2.27. The molecule has 0 saturated heterocycles. The molecule has 7 heteroatoms. The highest BCUT2D eigenvalue weighted by Crippen LogP contribution is 1.92. The number of anilines is 1. The van der Waals surface area contributed by atoms with Crippen molar-refractivity contribution in [1.29, 1.82) is 0 Å². The lowest BCUT2D eigenvalue weighted by Crippen LogP contribution is -2.27. The fourth-order valence-electron chi connectivity index (χ4n) is 0.711. The van der Waals surface area contributed by atoms with Gasteiger partial charge in [-0.05, 0) is 19.1 Å². The summed E-state index contributed by atoms with van der Waals surface area (Å²) in [5, 5.41) is 5.70. The average molecular weight is 199 g/mol. The minimum atomic E-state index is -0.450. The van der Waals surface area contributed by atoms with Crippen LogP contribution < -0.4 is 16.3 Å². The van der Waals surface area contributed by atoms with E-state index < -0.39 is 5.69 Å². The van der Waals surface area contributed by atoms with Crippen LogP contribution in [-0.2, 0) is 0 Å². The maximum atomic E-state index is 10.9. The Bertz CT molecular complexity index is 374. The van der Waals surface area contributed by atoms with Gasteiger partial charge in [0.2, 0.25) is 5.95 Å². The zero-order chi connectivity index (χ0) is 9.84. The summed E-state index contributed by atoms with van der Waals surface area (Å²) in [6, 6.07) is 0. The van der Waals surface area contributed by atoms with Crippen LogP contribution in [0.25, 0.3) is 0 Å². The number of aryl methyl sites for hydroxylation is 1. The maximum absolute atomic E-state index is 10.9. The Morgan fingerprint density at radius 1 is 1.54 bits per heavy atom. The van der Waals surface area contributed by atoms with E-state index in [0.29, 0.717) is 10.9 Å². The van der Waals surface area contributed by atoms with Crippen LogP contribution in [0.1, 0.15) is 5.82 Å². The van der Waals surface area contributed by atoms with Gasteiger partial charge in [-0.1, -0.05) is 0 Å². The third kappa shape index (κ3) is 2.79. The van der Waals surface area contributed by atoms with E-state index in [1.54, 1.807) is 14.0 Å². The fraction of sp³-hybridized carbons (Fsp3) is 0.333. The van der Waals surface area contributed by atoms with Crippen LogP contribution in [0.15, 0.2) is 4.79 Å². The third-order valence-corrected chi connectivity index (χ3v) is 1.53. The number of nitrogens with zero attached hydrogens (tertiary/aromatic N) is 2. The Morgan fingerprint density at radius 2 is 2.23 bits per heavy atom. The van der Waals surface area contributed by atoms with Crippen LogP contribution in [0.5, 0.6) is 0 Å². The van der Waals surface area contributed by atoms with Gasteiger partial charge in [-0.2, -0.15) is 9.97 Å². The molecule has 0 bridgehead atoms. The molecule has 3 N–H and O–H groups in total. The van der Waals surface area contributed by atoms with Crippen molar-refractivity contribution in [3.63, 3.8) is 0 Å². The molecule has 0 aliphatic rings. The zero-order valence-corrected chi connectivity index (χ0v) is 8.03. The molecule has 0 spiro atoms. The van der Waals surface area contributed by atoms with Crippen LogP contribution in [0.3, 0.4) is 0 Å². The van der Waals surface area contributed by atoms with Crippen LogP contribution in [-0.4, -0.2) is 27.1 Å². The van der Waals surface area contributed by atoms with Crippen molar-refractivity contribution in [2.45, 2.75) is 6.92 Å². The smallest absolute Gasteiger partial charge is 0.349 e. The average Bonchev–Trinajstić information content (AvgIpc) is 2.02. The number of H-pyrrole nitrogens is 1. The molecule has 0 saturated carbocycles. The Balaban J connectivity index is 2.89. The van der Waals surface area contributed by atoms with Crippen LogP contribution in [0.4, 0.5) is 5.95 Å². The summed E-state index contributed by atoms with van der Waals surface area (Å²) in [5.74, 6) is 0.682. The predicted molar refractivity (Wildman–Crippen MR) is 52.7 cm³/mol. The summed E-state index contributed by atoms with van der Waals surface area (Å²) in [6.45, 7) is 1.66. The standard InChI is InChI=1S/C6H9N5OS/c1-3-8-4(10-5(12)9-3)11-6(13)7-2/h1-2H3,(H3,7,8,9,10,11,12,13). The molecule has 0 amide bonds. The number of rotatable bonds is 1. The molecule has 0 atom stereocenters. The largest absolute Gasteiger partial charge is 0.365 e. The van der Waals surface area contributed by atoms with E-state index in [9.17, 15) is 4.79 Å². The van der Waals surface area contributed by atoms with Gasteiger partial charge in [-0.15, -0.1) is 0 Å². The first-order valence-corrected chi connectivity index (χ1v) is 3.96. The zero-order valence-electron chi connectivity index (χ0n) is 7.21. The topological polar surface area (TPSA) is 82.7 Å². The minimum absolute atomic E-state index is 0.195. The fourth-order valence-corrected chi connectivity index (χ4v) is 0.802. The first-order chi connectivity index (χ1) is 6.11. The van der Waals surface area contributed by atoms with Gasteiger partial charge in [0.05, 0.1) is 0 Å². The van der Waals surface area contributed by atoms with Crippen molar-refractivity contribution in [2.75, 3.05) is 12.4 Å². The molecule has 0 aromatic carbocycles. The molecule has 1 aromatic heterocycles. The summed E-state index contributed by atoms with van der Waals surface area (Å²) in [6.07, 6.45) is 0. The van der Waals surface area contributed by atoms with Crippen molar-refractivity contribution in [2.24, 2.45) is 0 Å². The van der Waals surface area contributed by atoms with E-state index in [1.807, 2.05) is 0 Å². The summed E-state index contributed by atoms with van der Waals surface area (Å²) >= 11 is 4.81. The molecule has 1 rings (SSSR count). The van der Waals surface area contributed by atoms with Gasteiger partial charge < -0.3 is 10.6 Å². The van der Waals surface area contributed by atoms with Crippen LogP contribution in [0, 0.1) is 6.92 Å². The third-order valence-electron chi connectivity index (χ3n) is 1.22. The van der Waals surface area contributed by atoms with Crippen LogP contribution in [0.2, 0.25) is 0 Å². The second-order valence-corrected chi connectivity index (χ2v) is 2.68. The Labute approximate surface area is 79.8 Å². The molecular weight excluding hydrogens is 190 g/mol. The highest BCUT2D eigenvalue weighted by molar-refractivity contribution is 7.80. The van der Waals surface area contributed by atoms with E-state index >= 15 is 0 Å². The SMILES string of the molecule is CNC(=S)Nc1nc(C)[nH]c(=O)n1. The van der Waals surface area contributed by atoms with Crippen molar-refractivity contribution < 1.29 is 0 Å². The number of aromatic nitrogens is 3. The Morgan fingerprint density at radius 3 is 2.77 bits per heavy atom. The van der Waals surface area contributed by atoms with E-state index in [1.165, 1.54) is 0 Å². The van der Waals surface area contributed by atoms with E-state index in [0.717, 1.165) is 0 Å². The molecule has 0 aliphatic carbocycles. The molecule has 0 unspecified atom stereocenters. The van der Waals surface area contributed by atoms with E-state index in [2.05, 4.69) is 25.6 Å². The maximum Gasteiger partial charge on any atom is 0.349 e. The second kappa shape index (κ2) is 3.94. The molecule has 1 heterocycles. The van der Waals surface area contributed by atoms with Gasteiger partial charge in [-0.25, -0.2) is 4.79 Å². The minimum Gasteiger partial charge on any atom is -0.365 e. The summed E-state index contributed by atoms with van der Waals surface area (Å²) in [7, 11) is 1.66. The number of thiocarbonyl (C=S) groups is 1. The first-order valence-electron chi connectivity index (χ1n) is 3.55. The molecule has 1 aromatic rings. The van der Waals surface area contributed by atoms with E-state index in [4.69, 9.17) is 12.2 Å². The molecule has 70 valence electrons. The Kier molecular flexibility index (Phi) is 2.91. The first kappa shape index (κ1) is 9.59. The van der Waals surface area contributed by atoms with Gasteiger partial charge in [-0.3, -0.25) is 4.98 Å². The monoisotopic (exact) mass is 199 g/mol. The van der Waals surface area contributed by atoms with Crippen molar-refractivity contribution in [3.8, 4) is 0 Å². The molecule has 0 aliphatic heterocycles. The molecule has 0 fully saturated rings. The number of hydrogen-bond donors (Lipinski definition) is 3. The quantitative estimate of drug-likeness (QED) is 0.523. The highest BCUT2D eigenvalue weighted by atomic mass is 32.1. The Hall–Kier alpha value is -1.50. The van der Waals surface area contributed by atoms with Crippen molar-refractivity contribution >= 4 is 23.3 Å². The predicted octanol–water partition coefficient (Wildman–Crippen LogP) is -0.610. The lowest BCUT2D eigenvalue weighted by Gasteiger charge is -2.04. The normalized spacial score (nSPS) is 9.38. The van der Waals surface area contributed by atoms with Crippen LogP contribution >= 0.6 is 12.2 Å². The molecule has 6 nitrogen and oxygen atoms in total. The van der Waals surface area contributed by atoms with Crippen molar-refractivity contribution in [1.82, 2.24) is 20.3 Å². The summed E-state index contributed by atoms with van der Waals surface area (Å²) in [4.78, 5) is 20.8. The van der Waals surface area contributed by atoms with E-state index in [-0.39, 0.29) is 5.95 Å². The van der Waals surface area contributed by atoms with Gasteiger partial charge in [0, 0.05) is 7.05 Å². The molecular formula is C6H9N5OS. The van der Waals surface area contributed by atoms with Gasteiger partial charge in [0.15, 0.2) is 5.11 Å². The molecule has 13 heavy (non-hydrogen) atoms. The van der Waals surface area contributed by atoms with Gasteiger partial charge in [0.1, 0.15) is 5.82 Å². The summed E-state index contributed by atoms with van der Waals surface area (Å²) < 4.78 is 0. The van der Waals surface area contributed by atoms with Gasteiger partial charge in [0.25, 0.3) is 0 Å². The lowest BCUT2D eigenvalue weighted by atomic mass is 10.7. The number of hydrogen-bond acceptors (Lipinski definition) is 4. The number of aromatic amines is 1. The van der Waals surface area contributed by atoms with Gasteiger partial charge >= 0.3 is 5.69 Å². The lowest BCUT2D eigenvalue weighted by molar-refractivity contribution is 0.935. The molecule has 0 radical (unpaired) electrons.